The number of anilines is 1. The third-order valence-electron chi connectivity index (χ3n) is 4.57. The van der Waals surface area contributed by atoms with Crippen molar-refractivity contribution in [2.45, 2.75) is 32.5 Å². The van der Waals surface area contributed by atoms with Gasteiger partial charge in [0.15, 0.2) is 5.82 Å². The van der Waals surface area contributed by atoms with Gasteiger partial charge in [0.1, 0.15) is 5.69 Å². The molecule has 0 spiro atoms. The molecule has 28 heavy (non-hydrogen) atoms. The first-order chi connectivity index (χ1) is 13.1. The summed E-state index contributed by atoms with van der Waals surface area (Å²) in [6.07, 6.45) is -4.62. The van der Waals surface area contributed by atoms with Crippen molar-refractivity contribution in [3.63, 3.8) is 0 Å². The summed E-state index contributed by atoms with van der Waals surface area (Å²) in [5.41, 5.74) is -1.38. The van der Waals surface area contributed by atoms with Gasteiger partial charge in [0, 0.05) is 38.2 Å². The zero-order valence-corrected chi connectivity index (χ0v) is 15.4. The molecule has 1 fully saturated rings. The summed E-state index contributed by atoms with van der Waals surface area (Å²) in [5, 5.41) is 15.2. The van der Waals surface area contributed by atoms with Crippen LogP contribution in [0.15, 0.2) is 22.7 Å². The Morgan fingerprint density at radius 3 is 2.46 bits per heavy atom. The maximum Gasteiger partial charge on any atom is 0.416 e. The first-order valence-corrected chi connectivity index (χ1v) is 8.80. The van der Waals surface area contributed by atoms with Gasteiger partial charge in [0.2, 0.25) is 5.89 Å². The second-order valence-electron chi connectivity index (χ2n) is 6.92. The van der Waals surface area contributed by atoms with Crippen LogP contribution in [0.4, 0.5) is 24.5 Å². The van der Waals surface area contributed by atoms with Crippen molar-refractivity contribution in [1.82, 2.24) is 15.0 Å². The molecule has 1 saturated heterocycles. The highest BCUT2D eigenvalue weighted by atomic mass is 19.4. The Morgan fingerprint density at radius 1 is 1.25 bits per heavy atom. The van der Waals surface area contributed by atoms with Crippen LogP contribution in [0.5, 0.6) is 0 Å². The van der Waals surface area contributed by atoms with Crippen molar-refractivity contribution >= 4 is 11.4 Å². The molecule has 11 heteroatoms. The quantitative estimate of drug-likeness (QED) is 0.562. The number of hydrogen-bond acceptors (Lipinski definition) is 7. The van der Waals surface area contributed by atoms with E-state index in [1.54, 1.807) is 4.90 Å². The molecule has 1 aromatic heterocycles. The van der Waals surface area contributed by atoms with Gasteiger partial charge in [-0.15, -0.1) is 0 Å². The van der Waals surface area contributed by atoms with E-state index in [1.165, 1.54) is 6.07 Å². The van der Waals surface area contributed by atoms with E-state index in [2.05, 4.69) is 15.0 Å². The van der Waals surface area contributed by atoms with Crippen LogP contribution in [0.25, 0.3) is 0 Å². The van der Waals surface area contributed by atoms with Crippen LogP contribution in [0.1, 0.15) is 37.0 Å². The summed E-state index contributed by atoms with van der Waals surface area (Å²) in [6, 6.07) is 2.64. The molecule has 0 unspecified atom stereocenters. The largest absolute Gasteiger partial charge is 0.416 e. The molecule has 0 radical (unpaired) electrons. The van der Waals surface area contributed by atoms with Gasteiger partial charge in [0.05, 0.1) is 17.0 Å². The third-order valence-corrected chi connectivity index (χ3v) is 4.57. The number of nitro groups is 1. The number of nitro benzene ring substituents is 1. The van der Waals surface area contributed by atoms with Gasteiger partial charge in [-0.25, -0.2) is 0 Å². The van der Waals surface area contributed by atoms with Gasteiger partial charge >= 0.3 is 6.18 Å². The second kappa shape index (κ2) is 7.74. The molecule has 1 aliphatic rings. The minimum atomic E-state index is -4.62. The van der Waals surface area contributed by atoms with Crippen molar-refractivity contribution in [2.24, 2.45) is 0 Å². The summed E-state index contributed by atoms with van der Waals surface area (Å²) < 4.78 is 43.8. The van der Waals surface area contributed by atoms with E-state index < -0.39 is 22.4 Å². The van der Waals surface area contributed by atoms with E-state index in [0.717, 1.165) is 6.07 Å². The fraction of sp³-hybridized carbons (Fsp3) is 0.529. The van der Waals surface area contributed by atoms with Crippen molar-refractivity contribution in [2.75, 3.05) is 31.1 Å². The molecule has 152 valence electrons. The van der Waals surface area contributed by atoms with Gasteiger partial charge in [-0.2, -0.15) is 18.2 Å². The van der Waals surface area contributed by atoms with Crippen LogP contribution in [-0.2, 0) is 12.7 Å². The number of aromatic nitrogens is 2. The number of piperazine rings is 1. The Labute approximate surface area is 159 Å². The lowest BCUT2D eigenvalue weighted by Gasteiger charge is -2.35. The minimum Gasteiger partial charge on any atom is -0.363 e. The maximum absolute atomic E-state index is 12.9. The first kappa shape index (κ1) is 20.1. The molecule has 8 nitrogen and oxygen atoms in total. The van der Waals surface area contributed by atoms with Gasteiger partial charge in [0.25, 0.3) is 5.69 Å². The molecule has 0 saturated carbocycles. The Morgan fingerprint density at radius 2 is 1.93 bits per heavy atom. The highest BCUT2D eigenvalue weighted by molar-refractivity contribution is 5.65. The zero-order valence-electron chi connectivity index (χ0n) is 15.4. The number of rotatable bonds is 5. The molecule has 0 bridgehead atoms. The highest BCUT2D eigenvalue weighted by Gasteiger charge is 2.34. The van der Waals surface area contributed by atoms with Crippen LogP contribution in [-0.4, -0.2) is 46.1 Å². The van der Waals surface area contributed by atoms with Gasteiger partial charge < -0.3 is 9.42 Å². The van der Waals surface area contributed by atoms with E-state index in [9.17, 15) is 23.3 Å². The molecule has 2 aromatic rings. The fourth-order valence-corrected chi connectivity index (χ4v) is 3.02. The molecular formula is C17H20F3N5O3. The highest BCUT2D eigenvalue weighted by Crippen LogP contribution is 2.36. The SMILES string of the molecule is CC(C)c1noc(CN2CCN(c3ccc(C(F)(F)F)cc3[N+](=O)[O-])CC2)n1. The predicted octanol–water partition coefficient (Wildman–Crippen LogP) is 3.44. The van der Waals surface area contributed by atoms with Crippen LogP contribution < -0.4 is 4.90 Å². The van der Waals surface area contributed by atoms with Crippen molar-refractivity contribution < 1.29 is 22.6 Å². The maximum atomic E-state index is 12.9. The summed E-state index contributed by atoms with van der Waals surface area (Å²) in [4.78, 5) is 18.6. The normalized spacial score (nSPS) is 16.0. The molecule has 1 aromatic carbocycles. The Bertz CT molecular complexity index is 845. The first-order valence-electron chi connectivity index (χ1n) is 8.80. The lowest BCUT2D eigenvalue weighted by atomic mass is 10.1. The zero-order chi connectivity index (χ0) is 20.5. The smallest absolute Gasteiger partial charge is 0.363 e. The van der Waals surface area contributed by atoms with Gasteiger partial charge in [-0.05, 0) is 12.1 Å². The minimum absolute atomic E-state index is 0.162. The summed E-state index contributed by atoms with van der Waals surface area (Å²) in [7, 11) is 0. The van der Waals surface area contributed by atoms with E-state index >= 15 is 0 Å². The average Bonchev–Trinajstić information content (AvgIpc) is 3.10. The molecule has 1 aliphatic heterocycles. The van der Waals surface area contributed by atoms with Crippen LogP contribution in [0, 0.1) is 10.1 Å². The van der Waals surface area contributed by atoms with Crippen molar-refractivity contribution in [3.05, 3.63) is 45.6 Å². The lowest BCUT2D eigenvalue weighted by Crippen LogP contribution is -2.46. The Kier molecular flexibility index (Phi) is 5.54. The van der Waals surface area contributed by atoms with Crippen molar-refractivity contribution in [3.8, 4) is 0 Å². The number of halogens is 3. The van der Waals surface area contributed by atoms with Crippen LogP contribution >= 0.6 is 0 Å². The number of hydrogen-bond donors (Lipinski definition) is 0. The Hall–Kier alpha value is -2.69. The molecule has 0 atom stereocenters. The number of benzene rings is 1. The molecule has 2 heterocycles. The lowest BCUT2D eigenvalue weighted by molar-refractivity contribution is -0.384. The number of alkyl halides is 3. The topological polar surface area (TPSA) is 88.5 Å². The monoisotopic (exact) mass is 399 g/mol. The molecule has 0 amide bonds. The van der Waals surface area contributed by atoms with E-state index in [0.29, 0.717) is 50.5 Å². The van der Waals surface area contributed by atoms with E-state index in [4.69, 9.17) is 4.52 Å². The molecule has 0 aliphatic carbocycles. The summed E-state index contributed by atoms with van der Waals surface area (Å²) >= 11 is 0. The standard InChI is InChI=1S/C17H20F3N5O3/c1-11(2)16-21-15(28-22-16)10-23-5-7-24(8-6-23)13-4-3-12(17(18,19)20)9-14(13)25(26)27/h3-4,9,11H,5-8,10H2,1-2H3. The van der Waals surface area contributed by atoms with Gasteiger partial charge in [-0.3, -0.25) is 15.0 Å². The second-order valence-corrected chi connectivity index (χ2v) is 6.92. The summed E-state index contributed by atoms with van der Waals surface area (Å²) in [6.45, 7) is 6.40. The molecule has 3 rings (SSSR count). The molecule has 0 N–H and O–H groups in total. The van der Waals surface area contributed by atoms with Crippen LogP contribution in [0.3, 0.4) is 0 Å². The van der Waals surface area contributed by atoms with Crippen molar-refractivity contribution in [1.29, 1.82) is 0 Å². The predicted molar refractivity (Wildman–Crippen MR) is 94.0 cm³/mol. The average molecular weight is 399 g/mol. The third kappa shape index (κ3) is 4.41. The van der Waals surface area contributed by atoms with Gasteiger partial charge in [-0.1, -0.05) is 19.0 Å². The Balaban J connectivity index is 1.68. The number of nitrogens with zero attached hydrogens (tertiary/aromatic N) is 5. The van der Waals surface area contributed by atoms with E-state index in [-0.39, 0.29) is 11.6 Å². The van der Waals surface area contributed by atoms with Crippen LogP contribution in [0.2, 0.25) is 0 Å². The van der Waals surface area contributed by atoms with E-state index in [1.807, 2.05) is 13.8 Å². The molecular weight excluding hydrogens is 379 g/mol. The fourth-order valence-electron chi connectivity index (χ4n) is 3.02. The summed E-state index contributed by atoms with van der Waals surface area (Å²) in [5.74, 6) is 1.29.